The van der Waals surface area contributed by atoms with Gasteiger partial charge in [0, 0.05) is 22.3 Å². The summed E-state index contributed by atoms with van der Waals surface area (Å²) < 4.78 is 0. The molecule has 5 nitrogen and oxygen atoms in total. The van der Waals surface area contributed by atoms with Gasteiger partial charge in [-0.3, -0.25) is 0 Å². The van der Waals surface area contributed by atoms with E-state index in [4.69, 9.17) is 15.0 Å². The van der Waals surface area contributed by atoms with Crippen LogP contribution in [0.4, 0.5) is 0 Å². The van der Waals surface area contributed by atoms with Crippen LogP contribution in [-0.4, -0.2) is 15.0 Å². The minimum absolute atomic E-state index is 0.598. The van der Waals surface area contributed by atoms with Crippen LogP contribution >= 0.6 is 0 Å². The van der Waals surface area contributed by atoms with Gasteiger partial charge in [-0.2, -0.15) is 10.5 Å². The van der Waals surface area contributed by atoms with Crippen molar-refractivity contribution in [1.29, 1.82) is 10.5 Å². The summed E-state index contributed by atoms with van der Waals surface area (Å²) in [6, 6.07) is 51.8. The average Bonchev–Trinajstić information content (AvgIpc) is 3.20. The molecule has 50 heavy (non-hydrogen) atoms. The van der Waals surface area contributed by atoms with Crippen molar-refractivity contribution in [2.24, 2.45) is 0 Å². The first-order valence-electron chi connectivity index (χ1n) is 16.5. The van der Waals surface area contributed by atoms with Gasteiger partial charge >= 0.3 is 0 Å². The topological polar surface area (TPSA) is 86.2 Å². The largest absolute Gasteiger partial charge is 0.208 e. The molecule has 0 saturated carbocycles. The van der Waals surface area contributed by atoms with Gasteiger partial charge in [-0.25, -0.2) is 15.0 Å². The maximum absolute atomic E-state index is 10.1. The molecule has 234 valence electrons. The predicted octanol–water partition coefficient (Wildman–Crippen LogP) is 10.9. The van der Waals surface area contributed by atoms with Crippen molar-refractivity contribution < 1.29 is 0 Å². The Balaban J connectivity index is 1.25. The van der Waals surface area contributed by atoms with Crippen LogP contribution in [0.2, 0.25) is 0 Å². The normalized spacial score (nSPS) is 12.4. The first-order chi connectivity index (χ1) is 24.7. The summed E-state index contributed by atoms with van der Waals surface area (Å²) in [4.78, 5) is 14.7. The van der Waals surface area contributed by atoms with E-state index in [1.807, 2.05) is 84.9 Å². The Morgan fingerprint density at radius 3 is 1.64 bits per heavy atom. The number of aromatic nitrogens is 3. The summed E-state index contributed by atoms with van der Waals surface area (Å²) >= 11 is 0. The van der Waals surface area contributed by atoms with E-state index in [-0.39, 0.29) is 0 Å². The molecule has 8 rings (SSSR count). The molecule has 0 aliphatic heterocycles. The molecular weight excluding hydrogens is 611 g/mol. The lowest BCUT2D eigenvalue weighted by Gasteiger charge is -2.17. The van der Waals surface area contributed by atoms with Crippen LogP contribution in [0.1, 0.15) is 24.0 Å². The third-order valence-corrected chi connectivity index (χ3v) is 9.10. The number of hydrogen-bond donors (Lipinski definition) is 0. The zero-order valence-electron chi connectivity index (χ0n) is 27.1. The quantitative estimate of drug-likeness (QED) is 0.181. The van der Waals surface area contributed by atoms with Gasteiger partial charge in [-0.05, 0) is 81.3 Å². The van der Waals surface area contributed by atoms with E-state index < -0.39 is 0 Å². The molecule has 0 bridgehead atoms. The third kappa shape index (κ3) is 5.97. The van der Waals surface area contributed by atoms with E-state index in [1.165, 1.54) is 0 Å². The van der Waals surface area contributed by atoms with Crippen LogP contribution in [0.3, 0.4) is 0 Å². The van der Waals surface area contributed by atoms with Crippen molar-refractivity contribution in [2.75, 3.05) is 0 Å². The van der Waals surface area contributed by atoms with Gasteiger partial charge in [-0.15, -0.1) is 0 Å². The summed E-state index contributed by atoms with van der Waals surface area (Å²) in [5.41, 5.74) is 10.4. The number of allylic oxidation sites excluding steroid dienone is 4. The molecule has 1 aliphatic carbocycles. The summed E-state index contributed by atoms with van der Waals surface area (Å²) in [5.74, 6) is 1.84. The molecule has 0 atom stereocenters. The molecule has 0 amide bonds. The minimum atomic E-state index is 0.598. The maximum atomic E-state index is 10.1. The van der Waals surface area contributed by atoms with Crippen molar-refractivity contribution in [2.45, 2.75) is 12.8 Å². The Kier molecular flexibility index (Phi) is 8.07. The number of fused-ring (bicyclic) bond motifs is 1. The fraction of sp³-hybridized carbons (Fsp3) is 0.0444. The molecule has 0 spiro atoms. The highest BCUT2D eigenvalue weighted by Crippen LogP contribution is 2.40. The van der Waals surface area contributed by atoms with Crippen LogP contribution in [-0.2, 0) is 0 Å². The first kappa shape index (κ1) is 30.4. The van der Waals surface area contributed by atoms with Gasteiger partial charge in [-0.1, -0.05) is 127 Å². The Bertz CT molecular complexity index is 2480. The number of nitrogens with zero attached hydrogens (tertiary/aromatic N) is 5. The predicted molar refractivity (Wildman–Crippen MR) is 200 cm³/mol. The highest BCUT2D eigenvalue weighted by atomic mass is 15.0. The molecule has 6 aromatic carbocycles. The highest BCUT2D eigenvalue weighted by Gasteiger charge is 2.17. The lowest BCUT2D eigenvalue weighted by molar-refractivity contribution is 1.01. The van der Waals surface area contributed by atoms with E-state index in [9.17, 15) is 10.5 Å². The molecule has 0 saturated heterocycles. The van der Waals surface area contributed by atoms with Crippen LogP contribution in [0.15, 0.2) is 157 Å². The Morgan fingerprint density at radius 2 is 1.04 bits per heavy atom. The summed E-state index contributed by atoms with van der Waals surface area (Å²) in [7, 11) is 0. The van der Waals surface area contributed by atoms with E-state index in [1.54, 1.807) is 0 Å². The van der Waals surface area contributed by atoms with Gasteiger partial charge in [0.15, 0.2) is 17.5 Å². The van der Waals surface area contributed by atoms with Gasteiger partial charge < -0.3 is 0 Å². The lowest BCUT2D eigenvalue weighted by Crippen LogP contribution is -2.00. The van der Waals surface area contributed by atoms with Gasteiger partial charge in [0.25, 0.3) is 0 Å². The van der Waals surface area contributed by atoms with E-state index >= 15 is 0 Å². The number of nitriles is 2. The number of benzene rings is 6. The summed E-state index contributed by atoms with van der Waals surface area (Å²) in [6.07, 6.45) is 5.35. The zero-order chi connectivity index (χ0) is 33.9. The molecule has 5 heteroatoms. The Hall–Kier alpha value is -6.95. The first-order valence-corrected chi connectivity index (χ1v) is 16.5. The molecule has 1 heterocycles. The highest BCUT2D eigenvalue weighted by molar-refractivity contribution is 6.04. The lowest BCUT2D eigenvalue weighted by atomic mass is 9.86. The molecule has 7 aromatic rings. The SMILES string of the molecule is N#CC1=CC=C(c2cc(C#N)cc(-c3ccc4ccccc4c3-c3ccc(-c4nc(-c5ccccc5)nc(-c5ccccc5)n4)cc3)c2)CC1. The van der Waals surface area contributed by atoms with Gasteiger partial charge in [0.05, 0.1) is 17.7 Å². The second-order valence-electron chi connectivity index (χ2n) is 12.2. The second-order valence-corrected chi connectivity index (χ2v) is 12.2. The fourth-order valence-corrected chi connectivity index (χ4v) is 6.55. The molecule has 1 aliphatic rings. The molecule has 0 unspecified atom stereocenters. The van der Waals surface area contributed by atoms with Crippen LogP contribution in [0.25, 0.3) is 72.8 Å². The number of rotatable bonds is 6. The summed E-state index contributed by atoms with van der Waals surface area (Å²) in [6.45, 7) is 0. The molecule has 0 N–H and O–H groups in total. The second kappa shape index (κ2) is 13.3. The van der Waals surface area contributed by atoms with Crippen molar-refractivity contribution in [1.82, 2.24) is 15.0 Å². The van der Waals surface area contributed by atoms with E-state index in [2.05, 4.69) is 78.9 Å². The van der Waals surface area contributed by atoms with Crippen LogP contribution in [0.5, 0.6) is 0 Å². The maximum Gasteiger partial charge on any atom is 0.164 e. The molecule has 1 aromatic heterocycles. The van der Waals surface area contributed by atoms with Crippen molar-refractivity contribution in [3.8, 4) is 68.6 Å². The van der Waals surface area contributed by atoms with Crippen molar-refractivity contribution >= 4 is 16.3 Å². The average molecular weight is 640 g/mol. The van der Waals surface area contributed by atoms with Crippen LogP contribution in [0, 0.1) is 22.7 Å². The number of hydrogen-bond acceptors (Lipinski definition) is 5. The fourth-order valence-electron chi connectivity index (χ4n) is 6.55. The standard InChI is InChI=1S/C45H29N5/c46-28-30-15-17-32(18-16-30)38-25-31(29-47)26-39(27-38)41-24-23-33-9-7-8-14-40(33)42(41)34-19-21-37(22-20-34)45-49-43(35-10-3-1-4-11-35)48-44(50-45)36-12-5-2-6-13-36/h1-15,17,19-27H,16,18H2. The monoisotopic (exact) mass is 639 g/mol. The van der Waals surface area contributed by atoms with Crippen molar-refractivity contribution in [3.63, 3.8) is 0 Å². The minimum Gasteiger partial charge on any atom is -0.208 e. The summed E-state index contributed by atoms with van der Waals surface area (Å²) in [5, 5.41) is 21.7. The molecular formula is C45H29N5. The molecule has 0 radical (unpaired) electrons. The third-order valence-electron chi connectivity index (χ3n) is 9.10. The smallest absolute Gasteiger partial charge is 0.164 e. The zero-order valence-corrected chi connectivity index (χ0v) is 27.1. The molecule has 0 fully saturated rings. The van der Waals surface area contributed by atoms with E-state index in [0.29, 0.717) is 29.5 Å². The van der Waals surface area contributed by atoms with E-state index in [0.717, 1.165) is 72.8 Å². The Morgan fingerprint density at radius 1 is 0.460 bits per heavy atom. The van der Waals surface area contributed by atoms with Crippen LogP contribution < -0.4 is 0 Å². The van der Waals surface area contributed by atoms with Gasteiger partial charge in [0.2, 0.25) is 0 Å². The van der Waals surface area contributed by atoms with Gasteiger partial charge in [0.1, 0.15) is 0 Å². The van der Waals surface area contributed by atoms with Crippen molar-refractivity contribution in [3.05, 3.63) is 168 Å². The Labute approximate surface area is 290 Å².